The number of rotatable bonds is 3. The fourth-order valence-electron chi connectivity index (χ4n) is 0.959. The van der Waals surface area contributed by atoms with Gasteiger partial charge in [0.25, 0.3) is 0 Å². The lowest BCUT2D eigenvalue weighted by Gasteiger charge is -2.00. The number of hydrogen-bond acceptors (Lipinski definition) is 3. The second-order valence-corrected chi connectivity index (χ2v) is 2.54. The van der Waals surface area contributed by atoms with Crippen molar-refractivity contribution in [2.75, 3.05) is 0 Å². The minimum Gasteiger partial charge on any atom is -0.484 e. The predicted molar refractivity (Wildman–Crippen MR) is 47.2 cm³/mol. The summed E-state index contributed by atoms with van der Waals surface area (Å²) in [5.74, 6) is 0.727. The molecule has 0 aromatic carbocycles. The minimum absolute atomic E-state index is 0.473. The van der Waals surface area contributed by atoms with Gasteiger partial charge in [-0.3, -0.25) is 10.1 Å². The molecule has 0 saturated carbocycles. The number of H-pyrrole nitrogens is 1. The van der Waals surface area contributed by atoms with Crippen LogP contribution in [0.1, 0.15) is 5.69 Å². The van der Waals surface area contributed by atoms with E-state index >= 15 is 0 Å². The average molecular weight is 175 g/mol. The minimum atomic E-state index is 0.473. The third-order valence-corrected chi connectivity index (χ3v) is 1.59. The maximum Gasteiger partial charge on any atom is 0.157 e. The van der Waals surface area contributed by atoms with Gasteiger partial charge < -0.3 is 4.74 Å². The Hall–Kier alpha value is -1.84. The average Bonchev–Trinajstić information content (AvgIpc) is 2.69. The van der Waals surface area contributed by atoms with Crippen molar-refractivity contribution in [3.8, 4) is 5.75 Å². The molecule has 0 unspecified atom stereocenters. The number of nitrogens with one attached hydrogen (secondary N) is 1. The summed E-state index contributed by atoms with van der Waals surface area (Å²) in [5.41, 5.74) is 0.906. The molecule has 4 heteroatoms. The van der Waals surface area contributed by atoms with Crippen LogP contribution in [0.25, 0.3) is 0 Å². The van der Waals surface area contributed by atoms with Crippen LogP contribution in [0.15, 0.2) is 36.8 Å². The van der Waals surface area contributed by atoms with E-state index in [1.54, 1.807) is 18.6 Å². The highest BCUT2D eigenvalue weighted by molar-refractivity contribution is 5.11. The van der Waals surface area contributed by atoms with Crippen molar-refractivity contribution in [1.29, 1.82) is 0 Å². The summed E-state index contributed by atoms with van der Waals surface area (Å²) in [4.78, 5) is 4.12. The van der Waals surface area contributed by atoms with Crippen molar-refractivity contribution in [3.05, 3.63) is 42.5 Å². The first-order chi connectivity index (χ1) is 6.45. The molecule has 2 heterocycles. The van der Waals surface area contributed by atoms with Crippen LogP contribution in [0.2, 0.25) is 0 Å². The molecular weight excluding hydrogens is 166 g/mol. The van der Waals surface area contributed by atoms with Crippen LogP contribution in [0.4, 0.5) is 0 Å². The van der Waals surface area contributed by atoms with Gasteiger partial charge in [0, 0.05) is 6.20 Å². The van der Waals surface area contributed by atoms with Gasteiger partial charge >= 0.3 is 0 Å². The molecule has 0 amide bonds. The van der Waals surface area contributed by atoms with E-state index in [0.29, 0.717) is 6.61 Å². The van der Waals surface area contributed by atoms with Gasteiger partial charge in [0.2, 0.25) is 0 Å². The van der Waals surface area contributed by atoms with E-state index in [0.717, 1.165) is 11.4 Å². The van der Waals surface area contributed by atoms with E-state index in [9.17, 15) is 0 Å². The van der Waals surface area contributed by atoms with E-state index in [4.69, 9.17) is 4.74 Å². The Bertz CT molecular complexity index is 344. The monoisotopic (exact) mass is 175 g/mol. The van der Waals surface area contributed by atoms with Crippen molar-refractivity contribution >= 4 is 0 Å². The molecule has 0 spiro atoms. The van der Waals surface area contributed by atoms with Crippen LogP contribution in [0.3, 0.4) is 0 Å². The molecule has 13 heavy (non-hydrogen) atoms. The van der Waals surface area contributed by atoms with Crippen LogP contribution >= 0.6 is 0 Å². The Kier molecular flexibility index (Phi) is 2.22. The van der Waals surface area contributed by atoms with Crippen molar-refractivity contribution in [2.24, 2.45) is 0 Å². The fourth-order valence-corrected chi connectivity index (χ4v) is 0.959. The maximum absolute atomic E-state index is 5.38. The molecular formula is C9H9N3O. The zero-order valence-corrected chi connectivity index (χ0v) is 6.97. The highest BCUT2D eigenvalue weighted by atomic mass is 16.5. The molecule has 1 N–H and O–H groups in total. The number of pyridine rings is 1. The second kappa shape index (κ2) is 3.71. The highest BCUT2D eigenvalue weighted by Crippen LogP contribution is 2.07. The summed E-state index contributed by atoms with van der Waals surface area (Å²) < 4.78 is 5.38. The van der Waals surface area contributed by atoms with Gasteiger partial charge in [0.05, 0.1) is 18.1 Å². The van der Waals surface area contributed by atoms with Crippen molar-refractivity contribution in [2.45, 2.75) is 6.61 Å². The summed E-state index contributed by atoms with van der Waals surface area (Å²) in [6, 6.07) is 5.72. The van der Waals surface area contributed by atoms with Crippen molar-refractivity contribution in [1.82, 2.24) is 15.2 Å². The largest absolute Gasteiger partial charge is 0.484 e. The van der Waals surface area contributed by atoms with Gasteiger partial charge in [-0.15, -0.1) is 0 Å². The number of nitrogens with zero attached hydrogens (tertiary/aromatic N) is 2. The third-order valence-electron chi connectivity index (χ3n) is 1.59. The lowest BCUT2D eigenvalue weighted by molar-refractivity contribution is 0.301. The van der Waals surface area contributed by atoms with E-state index < -0.39 is 0 Å². The van der Waals surface area contributed by atoms with Gasteiger partial charge in [-0.25, -0.2) is 0 Å². The zero-order chi connectivity index (χ0) is 8.93. The third kappa shape index (κ3) is 2.05. The molecule has 0 aliphatic heterocycles. The molecule has 0 atom stereocenters. The molecule has 0 bridgehead atoms. The number of hydrogen-bond donors (Lipinski definition) is 1. The van der Waals surface area contributed by atoms with Crippen LogP contribution < -0.4 is 4.74 Å². The summed E-state index contributed by atoms with van der Waals surface area (Å²) in [6.45, 7) is 0.473. The standard InChI is InChI=1S/C9H9N3O/c1-2-4-10-8(3-1)7-13-9-5-11-12-6-9/h1-6H,7H2,(H,11,12). The summed E-state index contributed by atoms with van der Waals surface area (Å²) in [5, 5.41) is 6.43. The van der Waals surface area contributed by atoms with Crippen LogP contribution in [0, 0.1) is 0 Å². The summed E-state index contributed by atoms with van der Waals surface area (Å²) >= 11 is 0. The zero-order valence-electron chi connectivity index (χ0n) is 6.97. The van der Waals surface area contributed by atoms with Crippen LogP contribution in [-0.4, -0.2) is 15.2 Å². The normalized spacial score (nSPS) is 9.85. The molecule has 2 aromatic rings. The first-order valence-corrected chi connectivity index (χ1v) is 3.96. The van der Waals surface area contributed by atoms with Crippen LogP contribution in [-0.2, 0) is 6.61 Å². The Balaban J connectivity index is 1.94. The van der Waals surface area contributed by atoms with Crippen molar-refractivity contribution in [3.63, 3.8) is 0 Å². The molecule has 0 aliphatic rings. The molecule has 2 rings (SSSR count). The van der Waals surface area contributed by atoms with E-state index in [1.807, 2.05) is 18.2 Å². The lowest BCUT2D eigenvalue weighted by atomic mass is 10.4. The van der Waals surface area contributed by atoms with E-state index in [2.05, 4.69) is 15.2 Å². The smallest absolute Gasteiger partial charge is 0.157 e. The van der Waals surface area contributed by atoms with Gasteiger partial charge in [0.15, 0.2) is 5.75 Å². The highest BCUT2D eigenvalue weighted by Gasteiger charge is 1.95. The molecule has 0 radical (unpaired) electrons. The topological polar surface area (TPSA) is 50.8 Å². The van der Waals surface area contributed by atoms with Crippen molar-refractivity contribution < 1.29 is 4.74 Å². The lowest BCUT2D eigenvalue weighted by Crippen LogP contribution is -1.96. The Morgan fingerprint density at radius 2 is 2.38 bits per heavy atom. The molecule has 0 aliphatic carbocycles. The quantitative estimate of drug-likeness (QED) is 0.766. The van der Waals surface area contributed by atoms with E-state index in [1.165, 1.54) is 0 Å². The SMILES string of the molecule is c1ccc(COc2cn[nH]c2)nc1. The Morgan fingerprint density at radius 3 is 3.08 bits per heavy atom. The molecule has 2 aromatic heterocycles. The Morgan fingerprint density at radius 1 is 1.38 bits per heavy atom. The number of ether oxygens (including phenoxy) is 1. The first kappa shape index (κ1) is 7.79. The van der Waals surface area contributed by atoms with Gasteiger partial charge in [0.1, 0.15) is 6.61 Å². The second-order valence-electron chi connectivity index (χ2n) is 2.54. The molecule has 0 saturated heterocycles. The molecule has 0 fully saturated rings. The Labute approximate surface area is 75.6 Å². The summed E-state index contributed by atoms with van der Waals surface area (Å²) in [6.07, 6.45) is 5.07. The number of aromatic nitrogens is 3. The predicted octanol–water partition coefficient (Wildman–Crippen LogP) is 1.38. The number of aromatic amines is 1. The fraction of sp³-hybridized carbons (Fsp3) is 0.111. The summed E-state index contributed by atoms with van der Waals surface area (Å²) in [7, 11) is 0. The molecule has 66 valence electrons. The first-order valence-electron chi connectivity index (χ1n) is 3.96. The maximum atomic E-state index is 5.38. The van der Waals surface area contributed by atoms with Gasteiger partial charge in [-0.05, 0) is 12.1 Å². The van der Waals surface area contributed by atoms with Gasteiger partial charge in [-0.1, -0.05) is 6.07 Å². The van der Waals surface area contributed by atoms with E-state index in [-0.39, 0.29) is 0 Å². The van der Waals surface area contributed by atoms with Gasteiger partial charge in [-0.2, -0.15) is 5.10 Å². The van der Waals surface area contributed by atoms with Crippen LogP contribution in [0.5, 0.6) is 5.75 Å². The molecule has 4 nitrogen and oxygen atoms in total.